The number of hydrogen-bond acceptors (Lipinski definition) is 1. The van der Waals surface area contributed by atoms with E-state index in [0.717, 1.165) is 23.2 Å². The molecule has 1 aliphatic rings. The molecule has 0 saturated heterocycles. The molecule has 0 bridgehead atoms. The van der Waals surface area contributed by atoms with Gasteiger partial charge in [-0.2, -0.15) is 0 Å². The Morgan fingerprint density at radius 3 is 2.76 bits per heavy atom. The Morgan fingerprint density at radius 2 is 2.24 bits per heavy atom. The highest BCUT2D eigenvalue weighted by Gasteiger charge is 2.27. The molecule has 0 N–H and O–H groups in total. The molecule has 3 heteroatoms. The summed E-state index contributed by atoms with van der Waals surface area (Å²) < 4.78 is 6.64. The molecule has 0 heterocycles. The standard InChI is InChI=1S/C14H18BrClO/c1-2-8-17-13-7-6-11(9-12(13)15)14(16)10-4-3-5-10/h6-7,9-10,14H,2-5,8H2,1H3. The first-order valence-corrected chi connectivity index (χ1v) is 7.51. The SMILES string of the molecule is CCCOc1ccc(C(Cl)C2CCC2)cc1Br. The van der Waals surface area contributed by atoms with E-state index >= 15 is 0 Å². The lowest BCUT2D eigenvalue weighted by Crippen LogP contribution is -2.16. The summed E-state index contributed by atoms with van der Waals surface area (Å²) in [4.78, 5) is 0. The zero-order valence-corrected chi connectivity index (χ0v) is 12.4. The molecule has 1 unspecified atom stereocenters. The van der Waals surface area contributed by atoms with Crippen molar-refractivity contribution in [1.82, 2.24) is 0 Å². The Hall–Kier alpha value is -0.210. The number of benzene rings is 1. The summed E-state index contributed by atoms with van der Waals surface area (Å²) in [5.74, 6) is 1.57. The van der Waals surface area contributed by atoms with Crippen LogP contribution in [0.4, 0.5) is 0 Å². The highest BCUT2D eigenvalue weighted by atomic mass is 79.9. The fourth-order valence-corrected chi connectivity index (χ4v) is 2.92. The summed E-state index contributed by atoms with van der Waals surface area (Å²) in [7, 11) is 0. The summed E-state index contributed by atoms with van der Waals surface area (Å²) in [6, 6.07) is 6.20. The van der Waals surface area contributed by atoms with Crippen molar-refractivity contribution in [3.05, 3.63) is 28.2 Å². The van der Waals surface area contributed by atoms with Gasteiger partial charge in [0.05, 0.1) is 16.5 Å². The van der Waals surface area contributed by atoms with Gasteiger partial charge in [0, 0.05) is 0 Å². The van der Waals surface area contributed by atoms with Crippen molar-refractivity contribution in [3.8, 4) is 5.75 Å². The van der Waals surface area contributed by atoms with Crippen LogP contribution in [0, 0.1) is 5.92 Å². The zero-order valence-electron chi connectivity index (χ0n) is 10.1. The molecule has 94 valence electrons. The predicted octanol–water partition coefficient (Wildman–Crippen LogP) is 5.32. The average molecular weight is 318 g/mol. The van der Waals surface area contributed by atoms with Crippen LogP contribution in [0.5, 0.6) is 5.75 Å². The number of rotatable bonds is 5. The van der Waals surface area contributed by atoms with Crippen LogP contribution in [0.1, 0.15) is 43.5 Å². The minimum Gasteiger partial charge on any atom is -0.492 e. The lowest BCUT2D eigenvalue weighted by molar-refractivity contribution is 0.304. The molecule has 17 heavy (non-hydrogen) atoms. The molecular formula is C14H18BrClO. The number of alkyl halides is 1. The minimum atomic E-state index is 0.153. The van der Waals surface area contributed by atoms with Crippen LogP contribution in [0.2, 0.25) is 0 Å². The van der Waals surface area contributed by atoms with Gasteiger partial charge in [0.2, 0.25) is 0 Å². The van der Waals surface area contributed by atoms with Crippen molar-refractivity contribution < 1.29 is 4.74 Å². The van der Waals surface area contributed by atoms with Gasteiger partial charge in [0.25, 0.3) is 0 Å². The molecule has 1 nitrogen and oxygen atoms in total. The molecule has 0 amide bonds. The van der Waals surface area contributed by atoms with Gasteiger partial charge >= 0.3 is 0 Å². The second-order valence-electron chi connectivity index (χ2n) is 4.63. The number of halogens is 2. The van der Waals surface area contributed by atoms with Gasteiger partial charge < -0.3 is 4.74 Å². The third kappa shape index (κ3) is 3.17. The van der Waals surface area contributed by atoms with E-state index in [4.69, 9.17) is 16.3 Å². The van der Waals surface area contributed by atoms with E-state index in [1.165, 1.54) is 24.8 Å². The molecule has 0 radical (unpaired) electrons. The van der Waals surface area contributed by atoms with Crippen LogP contribution < -0.4 is 4.74 Å². The highest BCUT2D eigenvalue weighted by molar-refractivity contribution is 9.10. The molecule has 1 aliphatic carbocycles. The number of ether oxygens (including phenoxy) is 1. The Kier molecular flexibility index (Phi) is 4.75. The first-order chi connectivity index (χ1) is 8.22. The second kappa shape index (κ2) is 6.10. The van der Waals surface area contributed by atoms with E-state index in [-0.39, 0.29) is 5.38 Å². The largest absolute Gasteiger partial charge is 0.492 e. The summed E-state index contributed by atoms with van der Waals surface area (Å²) in [6.45, 7) is 2.86. The van der Waals surface area contributed by atoms with Gasteiger partial charge in [0.1, 0.15) is 5.75 Å². The smallest absolute Gasteiger partial charge is 0.133 e. The van der Waals surface area contributed by atoms with Crippen molar-refractivity contribution in [3.63, 3.8) is 0 Å². The van der Waals surface area contributed by atoms with E-state index < -0.39 is 0 Å². The van der Waals surface area contributed by atoms with E-state index in [2.05, 4.69) is 35.0 Å². The fourth-order valence-electron chi connectivity index (χ4n) is 2.02. The molecule has 0 aromatic heterocycles. The van der Waals surface area contributed by atoms with Crippen molar-refractivity contribution >= 4 is 27.5 Å². The molecule has 0 spiro atoms. The third-order valence-corrected chi connectivity index (χ3v) is 4.53. The first kappa shape index (κ1) is 13.2. The van der Waals surface area contributed by atoms with E-state index in [1.54, 1.807) is 0 Å². The van der Waals surface area contributed by atoms with Gasteiger partial charge in [-0.25, -0.2) is 0 Å². The monoisotopic (exact) mass is 316 g/mol. The van der Waals surface area contributed by atoms with Crippen molar-refractivity contribution in [2.75, 3.05) is 6.61 Å². The van der Waals surface area contributed by atoms with E-state index in [9.17, 15) is 0 Å². The fraction of sp³-hybridized carbons (Fsp3) is 0.571. The number of hydrogen-bond donors (Lipinski definition) is 0. The topological polar surface area (TPSA) is 9.23 Å². The van der Waals surface area contributed by atoms with Gasteiger partial charge in [-0.3, -0.25) is 0 Å². The van der Waals surface area contributed by atoms with E-state index in [0.29, 0.717) is 5.92 Å². The molecule has 1 aromatic carbocycles. The quantitative estimate of drug-likeness (QED) is 0.668. The summed E-state index contributed by atoms with van der Waals surface area (Å²) >= 11 is 10.0. The van der Waals surface area contributed by atoms with E-state index in [1.807, 2.05) is 6.07 Å². The van der Waals surface area contributed by atoms with Crippen LogP contribution in [-0.4, -0.2) is 6.61 Å². The maximum absolute atomic E-state index is 6.48. The molecular weight excluding hydrogens is 300 g/mol. The van der Waals surface area contributed by atoms with Crippen LogP contribution in [0.3, 0.4) is 0 Å². The minimum absolute atomic E-state index is 0.153. The Morgan fingerprint density at radius 1 is 1.47 bits per heavy atom. The van der Waals surface area contributed by atoms with Gasteiger partial charge in [-0.1, -0.05) is 19.4 Å². The lowest BCUT2D eigenvalue weighted by Gasteiger charge is -2.30. The predicted molar refractivity (Wildman–Crippen MR) is 75.9 cm³/mol. The maximum atomic E-state index is 6.48. The zero-order chi connectivity index (χ0) is 12.3. The van der Waals surface area contributed by atoms with Gasteiger partial charge in [0.15, 0.2) is 0 Å². The highest BCUT2D eigenvalue weighted by Crippen LogP contribution is 2.43. The maximum Gasteiger partial charge on any atom is 0.133 e. The molecule has 0 aliphatic heterocycles. The molecule has 1 saturated carbocycles. The molecule has 2 rings (SSSR count). The van der Waals surface area contributed by atoms with Gasteiger partial charge in [-0.05, 0) is 58.8 Å². The molecule has 1 fully saturated rings. The summed E-state index contributed by atoms with van der Waals surface area (Å²) in [6.07, 6.45) is 4.88. The van der Waals surface area contributed by atoms with Crippen LogP contribution in [-0.2, 0) is 0 Å². The Bertz CT molecular complexity index is 376. The van der Waals surface area contributed by atoms with Crippen LogP contribution >= 0.6 is 27.5 Å². The first-order valence-electron chi connectivity index (χ1n) is 6.28. The average Bonchev–Trinajstić information content (AvgIpc) is 2.25. The third-order valence-electron chi connectivity index (χ3n) is 3.30. The normalized spacial score (nSPS) is 17.6. The van der Waals surface area contributed by atoms with Crippen molar-refractivity contribution in [2.24, 2.45) is 5.92 Å². The molecule has 1 atom stereocenters. The summed E-state index contributed by atoms with van der Waals surface area (Å²) in [5.41, 5.74) is 1.20. The van der Waals surface area contributed by atoms with Crippen LogP contribution in [0.15, 0.2) is 22.7 Å². The van der Waals surface area contributed by atoms with Crippen molar-refractivity contribution in [1.29, 1.82) is 0 Å². The Labute approximate surface area is 117 Å². The van der Waals surface area contributed by atoms with Crippen LogP contribution in [0.25, 0.3) is 0 Å². The lowest BCUT2D eigenvalue weighted by atomic mass is 9.80. The van der Waals surface area contributed by atoms with Crippen molar-refractivity contribution in [2.45, 2.75) is 38.0 Å². The van der Waals surface area contributed by atoms with Gasteiger partial charge in [-0.15, -0.1) is 11.6 Å². The molecule has 1 aromatic rings. The Balaban J connectivity index is 2.06. The second-order valence-corrected chi connectivity index (χ2v) is 5.96. The summed E-state index contributed by atoms with van der Waals surface area (Å²) in [5, 5.41) is 0.153.